The number of rotatable bonds is 6. The molecule has 0 aliphatic rings. The first kappa shape index (κ1) is 21.5. The highest BCUT2D eigenvalue weighted by atomic mass is 79.9. The van der Waals surface area contributed by atoms with Gasteiger partial charge in [0.25, 0.3) is 0 Å². The average Bonchev–Trinajstić information content (AvgIpc) is 2.58. The predicted octanol–water partition coefficient (Wildman–Crippen LogP) is 5.65. The van der Waals surface area contributed by atoms with Gasteiger partial charge < -0.3 is 20.3 Å². The standard InChI is InChI=1S/C18H16Br2ClNO5/c1-3-9-5-10(4-8(2)17(9)26)27-18-11(19)6-12(16(21)15(18)20)22-13(23)7-14(24)25/h4-6,26H,3,7H2,1-2H3,(H,22,23)(H,24,25). The molecular weight excluding hydrogens is 505 g/mol. The number of carboxylic acids is 1. The molecule has 0 saturated heterocycles. The number of anilines is 1. The molecule has 1 amide bonds. The number of aryl methyl sites for hydroxylation is 2. The fraction of sp³-hybridized carbons (Fsp3) is 0.222. The number of hydrogen-bond donors (Lipinski definition) is 3. The van der Waals surface area contributed by atoms with Crippen LogP contribution >= 0.6 is 43.5 Å². The number of halogens is 3. The Morgan fingerprint density at radius 1 is 1.26 bits per heavy atom. The van der Waals surface area contributed by atoms with Gasteiger partial charge in [-0.15, -0.1) is 0 Å². The van der Waals surface area contributed by atoms with Crippen LogP contribution in [0.5, 0.6) is 17.2 Å². The summed E-state index contributed by atoms with van der Waals surface area (Å²) in [5.41, 5.74) is 1.67. The lowest BCUT2D eigenvalue weighted by Gasteiger charge is -2.16. The number of phenols is 1. The van der Waals surface area contributed by atoms with Gasteiger partial charge >= 0.3 is 5.97 Å². The molecule has 2 rings (SSSR count). The third kappa shape index (κ3) is 5.15. The van der Waals surface area contributed by atoms with Gasteiger partial charge in [-0.1, -0.05) is 18.5 Å². The number of carbonyl (C=O) groups is 2. The molecule has 0 heterocycles. The molecule has 0 saturated carbocycles. The van der Waals surface area contributed by atoms with Crippen molar-refractivity contribution in [3.05, 3.63) is 43.3 Å². The quantitative estimate of drug-likeness (QED) is 0.337. The van der Waals surface area contributed by atoms with Crippen LogP contribution in [0, 0.1) is 6.92 Å². The van der Waals surface area contributed by atoms with Crippen molar-refractivity contribution in [1.82, 2.24) is 0 Å². The molecular formula is C18H16Br2ClNO5. The van der Waals surface area contributed by atoms with E-state index in [4.69, 9.17) is 21.4 Å². The molecule has 0 fully saturated rings. The zero-order valence-electron chi connectivity index (χ0n) is 14.4. The summed E-state index contributed by atoms with van der Waals surface area (Å²) in [5.74, 6) is -0.807. The summed E-state index contributed by atoms with van der Waals surface area (Å²) in [7, 11) is 0. The molecule has 0 aromatic heterocycles. The summed E-state index contributed by atoms with van der Waals surface area (Å²) in [5, 5.41) is 21.3. The molecule has 0 aliphatic carbocycles. The Kier molecular flexibility index (Phi) is 7.13. The molecule has 0 atom stereocenters. The molecule has 6 nitrogen and oxygen atoms in total. The van der Waals surface area contributed by atoms with Crippen molar-refractivity contribution in [1.29, 1.82) is 0 Å². The first-order valence-corrected chi connectivity index (χ1v) is 9.79. The van der Waals surface area contributed by atoms with Crippen molar-refractivity contribution in [3.8, 4) is 17.2 Å². The maximum absolute atomic E-state index is 11.7. The van der Waals surface area contributed by atoms with Crippen LogP contribution in [0.2, 0.25) is 5.02 Å². The van der Waals surface area contributed by atoms with E-state index in [1.165, 1.54) is 6.07 Å². The zero-order valence-corrected chi connectivity index (χ0v) is 18.3. The van der Waals surface area contributed by atoms with Crippen molar-refractivity contribution in [2.24, 2.45) is 0 Å². The molecule has 144 valence electrons. The van der Waals surface area contributed by atoms with E-state index < -0.39 is 18.3 Å². The maximum Gasteiger partial charge on any atom is 0.312 e. The summed E-state index contributed by atoms with van der Waals surface area (Å²) in [6.45, 7) is 3.70. The lowest BCUT2D eigenvalue weighted by Crippen LogP contribution is -2.16. The lowest BCUT2D eigenvalue weighted by atomic mass is 10.1. The zero-order chi connectivity index (χ0) is 20.3. The van der Waals surface area contributed by atoms with Gasteiger partial charge in [0, 0.05) is 0 Å². The number of amides is 1. The number of aromatic hydroxyl groups is 1. The van der Waals surface area contributed by atoms with Gasteiger partial charge in [0.05, 0.1) is 19.7 Å². The highest BCUT2D eigenvalue weighted by molar-refractivity contribution is 9.11. The highest BCUT2D eigenvalue weighted by Crippen LogP contribution is 2.45. The van der Waals surface area contributed by atoms with E-state index >= 15 is 0 Å². The Balaban J connectivity index is 2.37. The number of hydrogen-bond acceptors (Lipinski definition) is 4. The summed E-state index contributed by atoms with van der Waals surface area (Å²) in [4.78, 5) is 22.3. The Bertz CT molecular complexity index is 917. The van der Waals surface area contributed by atoms with Crippen LogP contribution < -0.4 is 10.1 Å². The van der Waals surface area contributed by atoms with Gasteiger partial charge in [-0.3, -0.25) is 9.59 Å². The smallest absolute Gasteiger partial charge is 0.312 e. The fourth-order valence-electron chi connectivity index (χ4n) is 2.36. The van der Waals surface area contributed by atoms with Crippen molar-refractivity contribution in [2.75, 3.05) is 5.32 Å². The van der Waals surface area contributed by atoms with Crippen molar-refractivity contribution >= 4 is 61.0 Å². The molecule has 0 aliphatic heterocycles. The molecule has 2 aromatic rings. The van der Waals surface area contributed by atoms with E-state index in [9.17, 15) is 14.7 Å². The van der Waals surface area contributed by atoms with E-state index in [-0.39, 0.29) is 16.5 Å². The summed E-state index contributed by atoms with van der Waals surface area (Å²) >= 11 is 13.0. The minimum absolute atomic E-state index is 0.165. The molecule has 0 bridgehead atoms. The molecule has 3 N–H and O–H groups in total. The predicted molar refractivity (Wildman–Crippen MR) is 110 cm³/mol. The Morgan fingerprint density at radius 3 is 2.52 bits per heavy atom. The van der Waals surface area contributed by atoms with Crippen LogP contribution in [0.25, 0.3) is 0 Å². The SMILES string of the molecule is CCc1cc(Oc2c(Br)cc(NC(=O)CC(=O)O)c(Cl)c2Br)cc(C)c1O. The Hall–Kier alpha value is -1.77. The highest BCUT2D eigenvalue weighted by Gasteiger charge is 2.19. The van der Waals surface area contributed by atoms with Crippen molar-refractivity contribution < 1.29 is 24.5 Å². The minimum atomic E-state index is -1.24. The molecule has 0 spiro atoms. The number of nitrogens with one attached hydrogen (secondary N) is 1. The third-order valence-electron chi connectivity index (χ3n) is 3.66. The minimum Gasteiger partial charge on any atom is -0.507 e. The largest absolute Gasteiger partial charge is 0.507 e. The fourth-order valence-corrected chi connectivity index (χ4v) is 3.83. The normalized spacial score (nSPS) is 10.6. The van der Waals surface area contributed by atoms with Gasteiger partial charge in [0.2, 0.25) is 5.91 Å². The second-order valence-electron chi connectivity index (χ2n) is 5.69. The van der Waals surface area contributed by atoms with Gasteiger partial charge in [-0.25, -0.2) is 0 Å². The topological polar surface area (TPSA) is 95.9 Å². The first-order chi connectivity index (χ1) is 12.6. The van der Waals surface area contributed by atoms with Gasteiger partial charge in [-0.05, 0) is 74.5 Å². The van der Waals surface area contributed by atoms with Gasteiger partial charge in [0.15, 0.2) is 5.75 Å². The van der Waals surface area contributed by atoms with Crippen LogP contribution in [0.3, 0.4) is 0 Å². The van der Waals surface area contributed by atoms with E-state index in [0.717, 1.165) is 5.56 Å². The van der Waals surface area contributed by atoms with Crippen LogP contribution in [-0.2, 0) is 16.0 Å². The average molecular weight is 522 g/mol. The monoisotopic (exact) mass is 519 g/mol. The molecule has 2 aromatic carbocycles. The van der Waals surface area contributed by atoms with E-state index in [1.807, 2.05) is 6.92 Å². The first-order valence-electron chi connectivity index (χ1n) is 7.83. The third-order valence-corrected chi connectivity index (χ3v) is 5.62. The van der Waals surface area contributed by atoms with Crippen molar-refractivity contribution in [3.63, 3.8) is 0 Å². The van der Waals surface area contributed by atoms with E-state index in [0.29, 0.717) is 32.4 Å². The van der Waals surface area contributed by atoms with Crippen LogP contribution in [0.4, 0.5) is 5.69 Å². The van der Waals surface area contributed by atoms with Crippen molar-refractivity contribution in [2.45, 2.75) is 26.7 Å². The number of aliphatic carboxylic acids is 1. The number of carbonyl (C=O) groups excluding carboxylic acids is 1. The van der Waals surface area contributed by atoms with Crippen LogP contribution in [0.1, 0.15) is 24.5 Å². The molecule has 0 radical (unpaired) electrons. The maximum atomic E-state index is 11.7. The molecule has 9 heteroatoms. The second kappa shape index (κ2) is 8.95. The van der Waals surface area contributed by atoms with E-state index in [2.05, 4.69) is 37.2 Å². The lowest BCUT2D eigenvalue weighted by molar-refractivity contribution is -0.139. The van der Waals surface area contributed by atoms with Crippen LogP contribution in [0.15, 0.2) is 27.1 Å². The van der Waals surface area contributed by atoms with Gasteiger partial charge in [0.1, 0.15) is 17.9 Å². The summed E-state index contributed by atoms with van der Waals surface area (Å²) in [6, 6.07) is 4.96. The number of phenolic OH excluding ortho intramolecular Hbond substituents is 1. The Morgan fingerprint density at radius 2 is 1.93 bits per heavy atom. The van der Waals surface area contributed by atoms with Crippen LogP contribution in [-0.4, -0.2) is 22.1 Å². The van der Waals surface area contributed by atoms with E-state index in [1.54, 1.807) is 19.1 Å². The summed E-state index contributed by atoms with van der Waals surface area (Å²) < 4.78 is 6.80. The number of carboxylic acid groups (broad SMARTS) is 1. The molecule has 27 heavy (non-hydrogen) atoms. The number of ether oxygens (including phenoxy) is 1. The molecule has 0 unspecified atom stereocenters. The second-order valence-corrected chi connectivity index (χ2v) is 7.71. The summed E-state index contributed by atoms with van der Waals surface area (Å²) in [6.07, 6.45) is -0.0298. The number of benzene rings is 2. The Labute approximate surface area is 177 Å². The van der Waals surface area contributed by atoms with Gasteiger partial charge in [-0.2, -0.15) is 0 Å².